The van der Waals surface area contributed by atoms with Gasteiger partial charge in [0.15, 0.2) is 9.84 Å². The van der Waals surface area contributed by atoms with Crippen molar-refractivity contribution in [1.82, 2.24) is 4.90 Å². The lowest BCUT2D eigenvalue weighted by Gasteiger charge is -2.22. The predicted octanol–water partition coefficient (Wildman–Crippen LogP) is 2.57. The summed E-state index contributed by atoms with van der Waals surface area (Å²) >= 11 is 0. The summed E-state index contributed by atoms with van der Waals surface area (Å²) in [7, 11) is -3.32. The van der Waals surface area contributed by atoms with E-state index in [9.17, 15) is 22.0 Å². The second-order valence-electron chi connectivity index (χ2n) is 6.56. The molecule has 8 heteroatoms. The number of anilines is 1. The number of carbonyl (C=O) groups is 1. The van der Waals surface area contributed by atoms with E-state index in [-0.39, 0.29) is 18.1 Å². The van der Waals surface area contributed by atoms with Gasteiger partial charge in [0.05, 0.1) is 30.1 Å². The van der Waals surface area contributed by atoms with Gasteiger partial charge in [0.1, 0.15) is 11.6 Å². The molecule has 0 bridgehead atoms. The molecule has 26 heavy (non-hydrogen) atoms. The number of nitrogens with zero attached hydrogens (tertiary/aromatic N) is 2. The van der Waals surface area contributed by atoms with Gasteiger partial charge in [0.2, 0.25) is 0 Å². The van der Waals surface area contributed by atoms with Crippen LogP contribution in [0.5, 0.6) is 0 Å². The van der Waals surface area contributed by atoms with Crippen LogP contribution in [-0.4, -0.2) is 42.9 Å². The fourth-order valence-corrected chi connectivity index (χ4v) is 5.63. The number of halogens is 2. The number of hydrogen-bond donors (Lipinski definition) is 0. The maximum atomic E-state index is 14.0. The zero-order chi connectivity index (χ0) is 18.5. The minimum Gasteiger partial charge on any atom is -0.314 e. The number of rotatable bonds is 3. The van der Waals surface area contributed by atoms with Crippen molar-refractivity contribution in [3.05, 3.63) is 65.7 Å². The minimum atomic E-state index is -3.32. The Bertz CT molecular complexity index is 963. The Kier molecular flexibility index (Phi) is 3.95. The third kappa shape index (κ3) is 2.84. The highest BCUT2D eigenvalue weighted by molar-refractivity contribution is 7.91. The maximum Gasteiger partial charge on any atom is 0.325 e. The molecule has 0 unspecified atom stereocenters. The van der Waals surface area contributed by atoms with Gasteiger partial charge < -0.3 is 4.90 Å². The summed E-state index contributed by atoms with van der Waals surface area (Å²) in [6, 6.07) is 9.91. The SMILES string of the molecule is O=C1N(Cc2ccccc2F)[C@@H]2CS(=O)(=O)C[C@H]2N1c1ccc(F)cc1. The lowest BCUT2D eigenvalue weighted by Crippen LogP contribution is -2.37. The molecular weight excluding hydrogens is 362 g/mol. The smallest absolute Gasteiger partial charge is 0.314 e. The van der Waals surface area contributed by atoms with Crippen molar-refractivity contribution in [3.63, 3.8) is 0 Å². The Balaban J connectivity index is 1.72. The van der Waals surface area contributed by atoms with Crippen LogP contribution in [0.4, 0.5) is 19.3 Å². The van der Waals surface area contributed by atoms with E-state index in [1.807, 2.05) is 0 Å². The van der Waals surface area contributed by atoms with Crippen molar-refractivity contribution >= 4 is 21.6 Å². The van der Waals surface area contributed by atoms with Crippen LogP contribution >= 0.6 is 0 Å². The van der Waals surface area contributed by atoms with Crippen LogP contribution < -0.4 is 4.90 Å². The highest BCUT2D eigenvalue weighted by Gasteiger charge is 2.53. The van der Waals surface area contributed by atoms with E-state index in [1.165, 1.54) is 40.1 Å². The van der Waals surface area contributed by atoms with E-state index in [4.69, 9.17) is 0 Å². The Morgan fingerprint density at radius 3 is 2.31 bits per heavy atom. The zero-order valence-corrected chi connectivity index (χ0v) is 14.5. The number of urea groups is 1. The van der Waals surface area contributed by atoms with E-state index in [0.717, 1.165) is 0 Å². The van der Waals surface area contributed by atoms with Gasteiger partial charge in [0, 0.05) is 11.3 Å². The lowest BCUT2D eigenvalue weighted by atomic mass is 10.1. The Hall–Kier alpha value is -2.48. The van der Waals surface area contributed by atoms with Crippen LogP contribution in [-0.2, 0) is 16.4 Å². The van der Waals surface area contributed by atoms with Crippen LogP contribution in [0.3, 0.4) is 0 Å². The lowest BCUT2D eigenvalue weighted by molar-refractivity contribution is 0.205. The molecule has 4 rings (SSSR count). The molecule has 2 aliphatic rings. The van der Waals surface area contributed by atoms with Gasteiger partial charge in [-0.2, -0.15) is 0 Å². The minimum absolute atomic E-state index is 0.0140. The van der Waals surface area contributed by atoms with Gasteiger partial charge in [-0.1, -0.05) is 18.2 Å². The second-order valence-corrected chi connectivity index (χ2v) is 8.71. The fourth-order valence-electron chi connectivity index (χ4n) is 3.68. The molecule has 2 saturated heterocycles. The van der Waals surface area contributed by atoms with Crippen LogP contribution in [0, 0.1) is 11.6 Å². The first kappa shape index (κ1) is 17.0. The molecule has 136 valence electrons. The van der Waals surface area contributed by atoms with E-state index in [0.29, 0.717) is 11.3 Å². The molecule has 2 fully saturated rings. The van der Waals surface area contributed by atoms with Crippen molar-refractivity contribution in [1.29, 1.82) is 0 Å². The highest BCUT2D eigenvalue weighted by atomic mass is 32.2. The molecule has 2 aliphatic heterocycles. The molecular formula is C18H16F2N2O3S. The maximum absolute atomic E-state index is 14.0. The summed E-state index contributed by atoms with van der Waals surface area (Å²) in [5.74, 6) is -1.21. The van der Waals surface area contributed by atoms with Crippen LogP contribution in [0.25, 0.3) is 0 Å². The van der Waals surface area contributed by atoms with E-state index >= 15 is 0 Å². The largest absolute Gasteiger partial charge is 0.325 e. The summed E-state index contributed by atoms with van der Waals surface area (Å²) in [4.78, 5) is 15.8. The first-order chi connectivity index (χ1) is 12.4. The Morgan fingerprint density at radius 1 is 0.962 bits per heavy atom. The first-order valence-corrected chi connectivity index (χ1v) is 9.97. The molecule has 2 atom stereocenters. The van der Waals surface area contributed by atoms with Gasteiger partial charge >= 0.3 is 6.03 Å². The molecule has 0 aromatic heterocycles. The topological polar surface area (TPSA) is 57.7 Å². The zero-order valence-electron chi connectivity index (χ0n) is 13.7. The molecule has 2 aromatic rings. The van der Waals surface area contributed by atoms with Crippen molar-refractivity contribution in [2.75, 3.05) is 16.4 Å². The molecule has 5 nitrogen and oxygen atoms in total. The van der Waals surface area contributed by atoms with Gasteiger partial charge in [-0.3, -0.25) is 4.90 Å². The summed E-state index contributed by atoms with van der Waals surface area (Å²) in [6.07, 6.45) is 0. The number of hydrogen-bond acceptors (Lipinski definition) is 3. The summed E-state index contributed by atoms with van der Waals surface area (Å²) in [5, 5.41) is 0. The molecule has 2 amide bonds. The first-order valence-electron chi connectivity index (χ1n) is 8.15. The Morgan fingerprint density at radius 2 is 1.62 bits per heavy atom. The third-order valence-corrected chi connectivity index (χ3v) is 6.58. The molecule has 0 saturated carbocycles. The van der Waals surface area contributed by atoms with Crippen molar-refractivity contribution in [2.45, 2.75) is 18.6 Å². The number of carbonyl (C=O) groups excluding carboxylic acids is 1. The standard InChI is InChI=1S/C18H16F2N2O3S/c19-13-5-7-14(8-6-13)22-17-11-26(24,25)10-16(17)21(18(22)23)9-12-3-1-2-4-15(12)20/h1-8,16-17H,9-11H2/t16-,17-/m1/s1. The fraction of sp³-hybridized carbons (Fsp3) is 0.278. The monoisotopic (exact) mass is 378 g/mol. The van der Waals surface area contributed by atoms with Crippen LogP contribution in [0.1, 0.15) is 5.56 Å². The number of sulfone groups is 1. The van der Waals surface area contributed by atoms with E-state index in [2.05, 4.69) is 0 Å². The highest BCUT2D eigenvalue weighted by Crippen LogP contribution is 2.36. The number of amides is 2. The van der Waals surface area contributed by atoms with Crippen LogP contribution in [0.15, 0.2) is 48.5 Å². The number of fused-ring (bicyclic) bond motifs is 1. The van der Waals surface area contributed by atoms with Crippen LogP contribution in [0.2, 0.25) is 0 Å². The van der Waals surface area contributed by atoms with Gasteiger partial charge in [-0.15, -0.1) is 0 Å². The van der Waals surface area contributed by atoms with E-state index in [1.54, 1.807) is 18.2 Å². The summed E-state index contributed by atoms with van der Waals surface area (Å²) in [6.45, 7) is -0.0140. The molecule has 2 aromatic carbocycles. The normalized spacial score (nSPS) is 24.2. The second kappa shape index (κ2) is 6.05. The molecule has 0 aliphatic carbocycles. The molecule has 0 radical (unpaired) electrons. The quantitative estimate of drug-likeness (QED) is 0.772. The molecule has 0 N–H and O–H groups in total. The predicted molar refractivity (Wildman–Crippen MR) is 92.4 cm³/mol. The van der Waals surface area contributed by atoms with Crippen molar-refractivity contribution in [3.8, 4) is 0 Å². The summed E-state index contributed by atoms with van der Waals surface area (Å²) < 4.78 is 51.5. The number of benzene rings is 2. The molecule has 2 heterocycles. The van der Waals surface area contributed by atoms with E-state index < -0.39 is 39.6 Å². The molecule has 0 spiro atoms. The average molecular weight is 378 g/mol. The third-order valence-electron chi connectivity index (χ3n) is 4.88. The van der Waals surface area contributed by atoms with Gasteiger partial charge in [0.25, 0.3) is 0 Å². The van der Waals surface area contributed by atoms with Crippen molar-refractivity contribution < 1.29 is 22.0 Å². The van der Waals surface area contributed by atoms with Gasteiger partial charge in [-0.25, -0.2) is 22.0 Å². The Labute approximate surface area is 149 Å². The summed E-state index contributed by atoms with van der Waals surface area (Å²) in [5.41, 5.74) is 0.754. The van der Waals surface area contributed by atoms with Crippen molar-refractivity contribution in [2.24, 2.45) is 0 Å². The van der Waals surface area contributed by atoms with Gasteiger partial charge in [-0.05, 0) is 30.3 Å². The average Bonchev–Trinajstić information content (AvgIpc) is 3.02.